The molecule has 1 aromatic heterocycles. The van der Waals surface area contributed by atoms with E-state index in [2.05, 4.69) is 17.2 Å². The molecule has 7 heteroatoms. The molecule has 0 unspecified atom stereocenters. The Morgan fingerprint density at radius 2 is 2.27 bits per heavy atom. The van der Waals surface area contributed by atoms with Crippen LogP contribution in [0.3, 0.4) is 0 Å². The Bertz CT molecular complexity index is 544. The lowest BCUT2D eigenvalue weighted by Gasteiger charge is -2.30. The van der Waals surface area contributed by atoms with Crippen molar-refractivity contribution in [2.75, 3.05) is 13.1 Å². The molecule has 122 valence electrons. The van der Waals surface area contributed by atoms with Gasteiger partial charge in [-0.15, -0.1) is 11.3 Å². The van der Waals surface area contributed by atoms with Crippen molar-refractivity contribution in [1.29, 1.82) is 0 Å². The summed E-state index contributed by atoms with van der Waals surface area (Å²) in [5, 5.41) is 4.10. The molecule has 0 aliphatic carbocycles. The van der Waals surface area contributed by atoms with Gasteiger partial charge in [-0.2, -0.15) is 0 Å². The number of primary amides is 1. The quantitative estimate of drug-likeness (QED) is 0.866. The highest BCUT2D eigenvalue weighted by molar-refractivity contribution is 7.11. The molecule has 2 heterocycles. The average molecular weight is 324 g/mol. The van der Waals surface area contributed by atoms with Crippen molar-refractivity contribution in [3.63, 3.8) is 0 Å². The first-order valence-corrected chi connectivity index (χ1v) is 8.60. The number of nitrogens with two attached hydrogens (primary N) is 1. The molecule has 0 aromatic carbocycles. The highest BCUT2D eigenvalue weighted by Crippen LogP contribution is 2.20. The van der Waals surface area contributed by atoms with E-state index in [1.165, 1.54) is 0 Å². The number of carbonyl (C=O) groups is 2. The largest absolute Gasteiger partial charge is 0.351 e. The molecule has 3 N–H and O–H groups in total. The molecular formula is C15H24N4O2S. The van der Waals surface area contributed by atoms with Gasteiger partial charge in [0.25, 0.3) is 0 Å². The third kappa shape index (κ3) is 4.19. The van der Waals surface area contributed by atoms with Gasteiger partial charge >= 0.3 is 6.03 Å². The van der Waals surface area contributed by atoms with E-state index in [0.717, 1.165) is 41.3 Å². The summed E-state index contributed by atoms with van der Waals surface area (Å²) in [4.78, 5) is 30.7. The van der Waals surface area contributed by atoms with Gasteiger partial charge in [0.2, 0.25) is 5.91 Å². The number of rotatable bonds is 5. The first-order valence-electron chi connectivity index (χ1n) is 7.78. The molecule has 0 radical (unpaired) electrons. The van der Waals surface area contributed by atoms with E-state index in [9.17, 15) is 9.59 Å². The number of hydrogen-bond acceptors (Lipinski definition) is 4. The highest BCUT2D eigenvalue weighted by atomic mass is 32.1. The Labute approximate surface area is 135 Å². The smallest absolute Gasteiger partial charge is 0.314 e. The zero-order valence-electron chi connectivity index (χ0n) is 13.2. The second-order valence-corrected chi connectivity index (χ2v) is 6.88. The molecule has 2 rings (SSSR count). The molecule has 1 atom stereocenters. The minimum absolute atomic E-state index is 0.00390. The standard InChI is InChI=1S/C15H24N4O2S/c1-3-5-13-18-10(2)12(22-13)8-17-14(20)11-6-4-7-19(9-11)15(16)21/h11H,3-9H2,1-2H3,(H2,16,21)(H,17,20)/t11-/m0/s1. The van der Waals surface area contributed by atoms with E-state index in [4.69, 9.17) is 5.73 Å². The van der Waals surface area contributed by atoms with Crippen LogP contribution in [0.25, 0.3) is 0 Å². The number of nitrogens with zero attached hydrogens (tertiary/aromatic N) is 2. The minimum Gasteiger partial charge on any atom is -0.351 e. The third-order valence-corrected chi connectivity index (χ3v) is 5.15. The first-order chi connectivity index (χ1) is 10.5. The van der Waals surface area contributed by atoms with Crippen LogP contribution in [0, 0.1) is 12.8 Å². The molecule has 1 aromatic rings. The summed E-state index contributed by atoms with van der Waals surface area (Å²) in [5.41, 5.74) is 6.29. The Hall–Kier alpha value is -1.63. The number of piperidine rings is 1. The van der Waals surface area contributed by atoms with Crippen molar-refractivity contribution in [3.05, 3.63) is 15.6 Å². The highest BCUT2D eigenvalue weighted by Gasteiger charge is 2.27. The molecular weight excluding hydrogens is 300 g/mol. The number of nitrogens with one attached hydrogen (secondary N) is 1. The van der Waals surface area contributed by atoms with Crippen molar-refractivity contribution in [1.82, 2.24) is 15.2 Å². The molecule has 1 fully saturated rings. The molecule has 1 aliphatic rings. The fourth-order valence-electron chi connectivity index (χ4n) is 2.68. The number of urea groups is 1. The number of likely N-dealkylation sites (tertiary alicyclic amines) is 1. The molecule has 6 nitrogen and oxygen atoms in total. The van der Waals surface area contributed by atoms with Crippen LogP contribution in [-0.2, 0) is 17.8 Å². The normalized spacial score (nSPS) is 18.3. The van der Waals surface area contributed by atoms with Crippen molar-refractivity contribution >= 4 is 23.3 Å². The zero-order valence-corrected chi connectivity index (χ0v) is 14.0. The maximum atomic E-state index is 12.3. The maximum Gasteiger partial charge on any atom is 0.314 e. The van der Waals surface area contributed by atoms with E-state index < -0.39 is 6.03 Å². The predicted octanol–water partition coefficient (Wildman–Crippen LogP) is 1.81. The van der Waals surface area contributed by atoms with E-state index in [0.29, 0.717) is 19.6 Å². The van der Waals surface area contributed by atoms with Gasteiger partial charge in [0.05, 0.1) is 23.2 Å². The number of aromatic nitrogens is 1. The van der Waals surface area contributed by atoms with E-state index >= 15 is 0 Å². The molecule has 0 saturated carbocycles. The zero-order chi connectivity index (χ0) is 16.1. The van der Waals surface area contributed by atoms with Gasteiger partial charge in [0.1, 0.15) is 0 Å². The van der Waals surface area contributed by atoms with Crippen LogP contribution in [0.2, 0.25) is 0 Å². The number of carbonyl (C=O) groups excluding carboxylic acids is 2. The Kier molecular flexibility index (Phi) is 5.76. The minimum atomic E-state index is -0.444. The summed E-state index contributed by atoms with van der Waals surface area (Å²) in [7, 11) is 0. The van der Waals surface area contributed by atoms with Gasteiger partial charge in [0, 0.05) is 18.0 Å². The number of thiazole rings is 1. The Balaban J connectivity index is 1.88. The summed E-state index contributed by atoms with van der Waals surface area (Å²) in [6, 6.07) is -0.444. The SMILES string of the molecule is CCCc1nc(C)c(CNC(=O)[C@H]2CCCN(C(N)=O)C2)s1. The van der Waals surface area contributed by atoms with Gasteiger partial charge in [-0.05, 0) is 32.6 Å². The summed E-state index contributed by atoms with van der Waals surface area (Å²) in [5.74, 6) is -0.166. The van der Waals surface area contributed by atoms with Crippen LogP contribution >= 0.6 is 11.3 Å². The summed E-state index contributed by atoms with van der Waals surface area (Å²) < 4.78 is 0. The Morgan fingerprint density at radius 3 is 2.95 bits per heavy atom. The molecule has 0 spiro atoms. The summed E-state index contributed by atoms with van der Waals surface area (Å²) in [6.45, 7) is 5.69. The fourth-order valence-corrected chi connectivity index (χ4v) is 3.79. The monoisotopic (exact) mass is 324 g/mol. The van der Waals surface area contributed by atoms with Gasteiger partial charge in [-0.1, -0.05) is 6.92 Å². The van der Waals surface area contributed by atoms with Crippen molar-refractivity contribution in [2.45, 2.75) is 46.1 Å². The van der Waals surface area contributed by atoms with Gasteiger partial charge < -0.3 is 16.0 Å². The lowest BCUT2D eigenvalue weighted by atomic mass is 9.97. The maximum absolute atomic E-state index is 12.3. The molecule has 1 aliphatic heterocycles. The topological polar surface area (TPSA) is 88.3 Å². The molecule has 3 amide bonds. The number of hydrogen-bond donors (Lipinski definition) is 2. The van der Waals surface area contributed by atoms with Gasteiger partial charge in [-0.25, -0.2) is 9.78 Å². The number of amides is 3. The second kappa shape index (κ2) is 7.58. The van der Waals surface area contributed by atoms with Crippen LogP contribution in [0.5, 0.6) is 0 Å². The second-order valence-electron chi connectivity index (χ2n) is 5.71. The van der Waals surface area contributed by atoms with Crippen LogP contribution in [0.15, 0.2) is 0 Å². The van der Waals surface area contributed by atoms with Gasteiger partial charge in [0.15, 0.2) is 0 Å². The fraction of sp³-hybridized carbons (Fsp3) is 0.667. The average Bonchev–Trinajstić information content (AvgIpc) is 2.85. The Morgan fingerprint density at radius 1 is 1.50 bits per heavy atom. The van der Waals surface area contributed by atoms with Crippen LogP contribution in [0.4, 0.5) is 4.79 Å². The van der Waals surface area contributed by atoms with E-state index in [-0.39, 0.29) is 11.8 Å². The lowest BCUT2D eigenvalue weighted by Crippen LogP contribution is -2.47. The molecule has 22 heavy (non-hydrogen) atoms. The van der Waals surface area contributed by atoms with Crippen LogP contribution in [-0.4, -0.2) is 34.9 Å². The predicted molar refractivity (Wildman–Crippen MR) is 86.6 cm³/mol. The van der Waals surface area contributed by atoms with E-state index in [1.807, 2.05) is 6.92 Å². The number of aryl methyl sites for hydroxylation is 2. The molecule has 1 saturated heterocycles. The lowest BCUT2D eigenvalue weighted by molar-refractivity contribution is -0.126. The third-order valence-electron chi connectivity index (χ3n) is 3.93. The van der Waals surface area contributed by atoms with Crippen molar-refractivity contribution in [2.24, 2.45) is 11.7 Å². The van der Waals surface area contributed by atoms with Crippen LogP contribution < -0.4 is 11.1 Å². The van der Waals surface area contributed by atoms with Gasteiger partial charge in [-0.3, -0.25) is 4.79 Å². The first kappa shape index (κ1) is 16.7. The van der Waals surface area contributed by atoms with Crippen molar-refractivity contribution < 1.29 is 9.59 Å². The summed E-state index contributed by atoms with van der Waals surface area (Å²) >= 11 is 1.67. The van der Waals surface area contributed by atoms with E-state index in [1.54, 1.807) is 16.2 Å². The van der Waals surface area contributed by atoms with Crippen LogP contribution in [0.1, 0.15) is 41.8 Å². The summed E-state index contributed by atoms with van der Waals surface area (Å²) in [6.07, 6.45) is 3.68. The molecule has 0 bridgehead atoms. The van der Waals surface area contributed by atoms with Crippen molar-refractivity contribution in [3.8, 4) is 0 Å².